The molecule has 0 radical (unpaired) electrons. The van der Waals surface area contributed by atoms with Crippen LogP contribution in [0.4, 0.5) is 5.69 Å². The molecule has 1 heterocycles. The number of nitrogens with one attached hydrogen (secondary N) is 1. The number of pyridine rings is 1. The molecule has 0 unspecified atom stereocenters. The van der Waals surface area contributed by atoms with Gasteiger partial charge in [0.1, 0.15) is 0 Å². The fourth-order valence-electron chi connectivity index (χ4n) is 1.23. The van der Waals surface area contributed by atoms with E-state index in [2.05, 4.69) is 42.2 Å². The third-order valence-electron chi connectivity index (χ3n) is 2.09. The van der Waals surface area contributed by atoms with Crippen molar-refractivity contribution in [3.63, 3.8) is 0 Å². The standard InChI is InChI=1S/C11H19N3/c1-10(2)13-7-8-14(3)11-5-4-6-12-9-11/h4-6,9-10,13H,7-8H2,1-3H3. The molecule has 1 aromatic heterocycles. The van der Waals surface area contributed by atoms with Gasteiger partial charge in [0.2, 0.25) is 0 Å². The van der Waals surface area contributed by atoms with Gasteiger partial charge >= 0.3 is 0 Å². The lowest BCUT2D eigenvalue weighted by Gasteiger charge is -2.19. The Hall–Kier alpha value is -1.09. The molecule has 3 nitrogen and oxygen atoms in total. The molecule has 0 amide bonds. The van der Waals surface area contributed by atoms with Crippen LogP contribution in [0, 0.1) is 0 Å². The van der Waals surface area contributed by atoms with Gasteiger partial charge in [0.15, 0.2) is 0 Å². The lowest BCUT2D eigenvalue weighted by atomic mass is 10.3. The maximum Gasteiger partial charge on any atom is 0.0550 e. The topological polar surface area (TPSA) is 28.2 Å². The fraction of sp³-hybridized carbons (Fsp3) is 0.545. The second kappa shape index (κ2) is 5.60. The average molecular weight is 193 g/mol. The Bertz CT molecular complexity index is 246. The van der Waals surface area contributed by atoms with E-state index in [0.717, 1.165) is 18.8 Å². The highest BCUT2D eigenvalue weighted by Crippen LogP contribution is 2.07. The molecule has 0 saturated heterocycles. The third kappa shape index (κ3) is 3.75. The van der Waals surface area contributed by atoms with Crippen LogP contribution in [-0.2, 0) is 0 Å². The number of rotatable bonds is 5. The zero-order valence-corrected chi connectivity index (χ0v) is 9.20. The Kier molecular flexibility index (Phi) is 4.40. The van der Waals surface area contributed by atoms with Crippen LogP contribution in [0.3, 0.4) is 0 Å². The van der Waals surface area contributed by atoms with Crippen LogP contribution >= 0.6 is 0 Å². The van der Waals surface area contributed by atoms with E-state index in [-0.39, 0.29) is 0 Å². The fourth-order valence-corrected chi connectivity index (χ4v) is 1.23. The first kappa shape index (κ1) is 11.0. The Balaban J connectivity index is 2.32. The van der Waals surface area contributed by atoms with E-state index in [1.807, 2.05) is 12.3 Å². The van der Waals surface area contributed by atoms with Crippen LogP contribution in [0.2, 0.25) is 0 Å². The zero-order chi connectivity index (χ0) is 10.4. The summed E-state index contributed by atoms with van der Waals surface area (Å²) < 4.78 is 0. The SMILES string of the molecule is CC(C)NCCN(C)c1cccnc1. The Labute approximate surface area is 86.2 Å². The summed E-state index contributed by atoms with van der Waals surface area (Å²) in [6, 6.07) is 4.58. The van der Waals surface area contributed by atoms with E-state index in [0.29, 0.717) is 6.04 Å². The molecule has 0 saturated carbocycles. The minimum absolute atomic E-state index is 0.553. The number of likely N-dealkylation sites (N-methyl/N-ethyl adjacent to an activating group) is 1. The molecular formula is C11H19N3. The first-order chi connectivity index (χ1) is 6.70. The molecule has 0 aliphatic heterocycles. The van der Waals surface area contributed by atoms with Crippen LogP contribution in [0.25, 0.3) is 0 Å². The lowest BCUT2D eigenvalue weighted by molar-refractivity contribution is 0.589. The molecule has 0 aliphatic carbocycles. The zero-order valence-electron chi connectivity index (χ0n) is 9.20. The molecule has 14 heavy (non-hydrogen) atoms. The van der Waals surface area contributed by atoms with Crippen molar-refractivity contribution >= 4 is 5.69 Å². The van der Waals surface area contributed by atoms with E-state index in [1.54, 1.807) is 6.20 Å². The van der Waals surface area contributed by atoms with Crippen molar-refractivity contribution in [1.29, 1.82) is 0 Å². The molecular weight excluding hydrogens is 174 g/mol. The van der Waals surface area contributed by atoms with E-state index in [1.165, 1.54) is 0 Å². The van der Waals surface area contributed by atoms with Gasteiger partial charge in [-0.15, -0.1) is 0 Å². The normalized spacial score (nSPS) is 10.6. The summed E-state index contributed by atoms with van der Waals surface area (Å²) in [6.07, 6.45) is 3.68. The minimum atomic E-state index is 0.553. The average Bonchev–Trinajstić information content (AvgIpc) is 2.18. The van der Waals surface area contributed by atoms with Crippen LogP contribution in [-0.4, -0.2) is 31.2 Å². The van der Waals surface area contributed by atoms with Crippen molar-refractivity contribution in [3.8, 4) is 0 Å². The van der Waals surface area contributed by atoms with Gasteiger partial charge in [-0.05, 0) is 12.1 Å². The van der Waals surface area contributed by atoms with E-state index >= 15 is 0 Å². The summed E-state index contributed by atoms with van der Waals surface area (Å²) in [5.74, 6) is 0. The van der Waals surface area contributed by atoms with Crippen LogP contribution < -0.4 is 10.2 Å². The Morgan fingerprint density at radius 1 is 1.50 bits per heavy atom. The highest BCUT2D eigenvalue weighted by Gasteiger charge is 1.99. The van der Waals surface area contributed by atoms with Crippen molar-refractivity contribution in [1.82, 2.24) is 10.3 Å². The predicted molar refractivity (Wildman–Crippen MR) is 60.6 cm³/mol. The lowest BCUT2D eigenvalue weighted by Crippen LogP contribution is -2.32. The molecule has 0 aromatic carbocycles. The number of nitrogens with zero attached hydrogens (tertiary/aromatic N) is 2. The summed E-state index contributed by atoms with van der Waals surface area (Å²) in [5.41, 5.74) is 1.16. The molecule has 1 rings (SSSR count). The first-order valence-corrected chi connectivity index (χ1v) is 5.04. The van der Waals surface area contributed by atoms with Crippen molar-refractivity contribution < 1.29 is 0 Å². The molecule has 0 spiro atoms. The second-order valence-corrected chi connectivity index (χ2v) is 3.74. The van der Waals surface area contributed by atoms with Gasteiger partial charge in [0, 0.05) is 32.4 Å². The monoisotopic (exact) mass is 193 g/mol. The van der Waals surface area contributed by atoms with Crippen molar-refractivity contribution in [2.45, 2.75) is 19.9 Å². The molecule has 0 atom stereocenters. The van der Waals surface area contributed by atoms with Crippen molar-refractivity contribution in [2.75, 3.05) is 25.0 Å². The highest BCUT2D eigenvalue weighted by molar-refractivity contribution is 5.42. The smallest absolute Gasteiger partial charge is 0.0550 e. The van der Waals surface area contributed by atoms with Gasteiger partial charge < -0.3 is 10.2 Å². The Morgan fingerprint density at radius 3 is 2.86 bits per heavy atom. The van der Waals surface area contributed by atoms with Gasteiger partial charge in [-0.3, -0.25) is 4.98 Å². The summed E-state index contributed by atoms with van der Waals surface area (Å²) in [5, 5.41) is 3.38. The van der Waals surface area contributed by atoms with Crippen LogP contribution in [0.5, 0.6) is 0 Å². The molecule has 1 aromatic rings. The maximum atomic E-state index is 4.09. The summed E-state index contributed by atoms with van der Waals surface area (Å²) in [7, 11) is 2.08. The van der Waals surface area contributed by atoms with Crippen LogP contribution in [0.15, 0.2) is 24.5 Å². The number of hydrogen-bond acceptors (Lipinski definition) is 3. The summed E-state index contributed by atoms with van der Waals surface area (Å²) >= 11 is 0. The highest BCUT2D eigenvalue weighted by atomic mass is 15.1. The molecule has 0 aliphatic rings. The largest absolute Gasteiger partial charge is 0.372 e. The van der Waals surface area contributed by atoms with E-state index < -0.39 is 0 Å². The molecule has 1 N–H and O–H groups in total. The molecule has 78 valence electrons. The second-order valence-electron chi connectivity index (χ2n) is 3.74. The van der Waals surface area contributed by atoms with Gasteiger partial charge in [-0.1, -0.05) is 13.8 Å². The predicted octanol–water partition coefficient (Wildman–Crippen LogP) is 1.52. The third-order valence-corrected chi connectivity index (χ3v) is 2.09. The number of anilines is 1. The number of hydrogen-bond donors (Lipinski definition) is 1. The van der Waals surface area contributed by atoms with E-state index in [4.69, 9.17) is 0 Å². The van der Waals surface area contributed by atoms with Crippen molar-refractivity contribution in [3.05, 3.63) is 24.5 Å². The maximum absolute atomic E-state index is 4.09. The van der Waals surface area contributed by atoms with Gasteiger partial charge in [-0.2, -0.15) is 0 Å². The Morgan fingerprint density at radius 2 is 2.29 bits per heavy atom. The van der Waals surface area contributed by atoms with Gasteiger partial charge in [0.05, 0.1) is 11.9 Å². The number of aromatic nitrogens is 1. The first-order valence-electron chi connectivity index (χ1n) is 5.04. The van der Waals surface area contributed by atoms with Gasteiger partial charge in [0.25, 0.3) is 0 Å². The molecule has 0 bridgehead atoms. The van der Waals surface area contributed by atoms with Gasteiger partial charge in [-0.25, -0.2) is 0 Å². The van der Waals surface area contributed by atoms with Crippen LogP contribution in [0.1, 0.15) is 13.8 Å². The quantitative estimate of drug-likeness (QED) is 0.768. The summed E-state index contributed by atoms with van der Waals surface area (Å²) in [6.45, 7) is 6.32. The van der Waals surface area contributed by atoms with E-state index in [9.17, 15) is 0 Å². The van der Waals surface area contributed by atoms with Crippen molar-refractivity contribution in [2.24, 2.45) is 0 Å². The summed E-state index contributed by atoms with van der Waals surface area (Å²) in [4.78, 5) is 6.28. The minimum Gasteiger partial charge on any atom is -0.372 e. The molecule has 3 heteroatoms. The molecule has 0 fully saturated rings.